The Labute approximate surface area is 142 Å². The topological polar surface area (TPSA) is 208 Å². The fourth-order valence-electron chi connectivity index (χ4n) is 1.52. The minimum absolute atomic E-state index is 0.308. The van der Waals surface area contributed by atoms with E-state index in [1.165, 1.54) is 6.92 Å². The van der Waals surface area contributed by atoms with Gasteiger partial charge in [0.2, 0.25) is 17.7 Å². The average molecular weight is 362 g/mol. The number of nitrogens with two attached hydrogens (primary N) is 1. The van der Waals surface area contributed by atoms with E-state index in [0.29, 0.717) is 0 Å². The molecule has 0 unspecified atom stereocenters. The van der Waals surface area contributed by atoms with E-state index in [1.54, 1.807) is 0 Å². The Kier molecular flexibility index (Phi) is 9.74. The van der Waals surface area contributed by atoms with Gasteiger partial charge in [0, 0.05) is 6.42 Å². The smallest absolute Gasteiger partial charge is 0.326 e. The number of aliphatic carboxylic acids is 2. The lowest BCUT2D eigenvalue weighted by atomic mass is 10.1. The zero-order chi connectivity index (χ0) is 19.6. The monoisotopic (exact) mass is 362 g/mol. The van der Waals surface area contributed by atoms with Crippen molar-refractivity contribution in [1.29, 1.82) is 0 Å². The van der Waals surface area contributed by atoms with Crippen LogP contribution in [0.4, 0.5) is 0 Å². The molecule has 0 aliphatic carbocycles. The second-order valence-corrected chi connectivity index (χ2v) is 5.15. The molecule has 0 heterocycles. The molecular formula is C13H22N4O8. The summed E-state index contributed by atoms with van der Waals surface area (Å²) in [6.07, 6.45) is -1.86. The zero-order valence-corrected chi connectivity index (χ0v) is 13.5. The van der Waals surface area contributed by atoms with Crippen LogP contribution in [0.1, 0.15) is 19.8 Å². The van der Waals surface area contributed by atoms with Crippen molar-refractivity contribution < 1.29 is 39.3 Å². The molecule has 0 saturated heterocycles. The summed E-state index contributed by atoms with van der Waals surface area (Å²) in [5.41, 5.74) is 5.35. The largest absolute Gasteiger partial charge is 0.481 e. The molecule has 0 rings (SSSR count). The van der Waals surface area contributed by atoms with Gasteiger partial charge in [-0.3, -0.25) is 19.2 Å². The average Bonchev–Trinajstić information content (AvgIpc) is 2.52. The molecule has 25 heavy (non-hydrogen) atoms. The summed E-state index contributed by atoms with van der Waals surface area (Å²) in [5, 5.41) is 32.9. The maximum absolute atomic E-state index is 11.6. The van der Waals surface area contributed by atoms with E-state index >= 15 is 0 Å². The van der Waals surface area contributed by atoms with Crippen LogP contribution < -0.4 is 21.7 Å². The van der Waals surface area contributed by atoms with Gasteiger partial charge in [0.15, 0.2) is 0 Å². The van der Waals surface area contributed by atoms with Crippen LogP contribution in [0.2, 0.25) is 0 Å². The van der Waals surface area contributed by atoms with Crippen LogP contribution in [-0.2, 0) is 24.0 Å². The first-order chi connectivity index (χ1) is 11.5. The Morgan fingerprint density at radius 2 is 1.56 bits per heavy atom. The molecule has 0 spiro atoms. The van der Waals surface area contributed by atoms with Crippen molar-refractivity contribution in [2.75, 3.05) is 13.1 Å². The standard InChI is InChI=1S/C13H22N4O8/c1-6(18)11(14)12(23)16-4-8(19)15-5-9(20)17-7(13(24)25)2-3-10(21)22/h6-7,11,18H,2-5,14H2,1H3,(H,15,19)(H,16,23)(H,17,20)(H,21,22)(H,24,25)/t6-,7+,11+/m1/s1. The van der Waals surface area contributed by atoms with Crippen LogP contribution in [-0.4, -0.2) is 76.3 Å². The normalized spacial score (nSPS) is 13.9. The molecule has 0 aromatic carbocycles. The first-order valence-electron chi connectivity index (χ1n) is 7.26. The van der Waals surface area contributed by atoms with Crippen LogP contribution in [0.15, 0.2) is 0 Å². The van der Waals surface area contributed by atoms with Crippen molar-refractivity contribution in [3.8, 4) is 0 Å². The second-order valence-electron chi connectivity index (χ2n) is 5.15. The Morgan fingerprint density at radius 3 is 2.04 bits per heavy atom. The Morgan fingerprint density at radius 1 is 1.00 bits per heavy atom. The van der Waals surface area contributed by atoms with Crippen molar-refractivity contribution >= 4 is 29.7 Å². The van der Waals surface area contributed by atoms with Gasteiger partial charge in [-0.15, -0.1) is 0 Å². The molecule has 0 fully saturated rings. The number of aliphatic hydroxyl groups is 1. The van der Waals surface area contributed by atoms with Crippen LogP contribution in [0.25, 0.3) is 0 Å². The van der Waals surface area contributed by atoms with Crippen LogP contribution in [0.5, 0.6) is 0 Å². The first-order valence-corrected chi connectivity index (χ1v) is 7.26. The van der Waals surface area contributed by atoms with Crippen molar-refractivity contribution in [3.63, 3.8) is 0 Å². The third kappa shape index (κ3) is 9.88. The van der Waals surface area contributed by atoms with E-state index in [9.17, 15) is 24.0 Å². The number of hydrogen-bond donors (Lipinski definition) is 7. The van der Waals surface area contributed by atoms with Gasteiger partial charge < -0.3 is 37.0 Å². The fraction of sp³-hybridized carbons (Fsp3) is 0.615. The van der Waals surface area contributed by atoms with Gasteiger partial charge in [-0.25, -0.2) is 4.79 Å². The molecule has 0 radical (unpaired) electrons. The summed E-state index contributed by atoms with van der Waals surface area (Å²) in [7, 11) is 0. The van der Waals surface area contributed by atoms with Gasteiger partial charge in [0.1, 0.15) is 12.1 Å². The van der Waals surface area contributed by atoms with Gasteiger partial charge in [-0.1, -0.05) is 0 Å². The Balaban J connectivity index is 4.22. The third-order valence-electron chi connectivity index (χ3n) is 2.97. The van der Waals surface area contributed by atoms with Crippen LogP contribution in [0.3, 0.4) is 0 Å². The zero-order valence-electron chi connectivity index (χ0n) is 13.5. The van der Waals surface area contributed by atoms with Crippen LogP contribution >= 0.6 is 0 Å². The molecule has 0 saturated carbocycles. The van der Waals surface area contributed by atoms with E-state index in [4.69, 9.17) is 21.1 Å². The number of nitrogens with one attached hydrogen (secondary N) is 3. The highest BCUT2D eigenvalue weighted by molar-refractivity contribution is 5.90. The molecular weight excluding hydrogens is 340 g/mol. The van der Waals surface area contributed by atoms with Crippen LogP contribution in [0, 0.1) is 0 Å². The van der Waals surface area contributed by atoms with Crippen molar-refractivity contribution in [2.45, 2.75) is 38.0 Å². The summed E-state index contributed by atoms with van der Waals surface area (Å²) in [6, 6.07) is -2.61. The first kappa shape index (κ1) is 22.3. The maximum atomic E-state index is 11.6. The number of carbonyl (C=O) groups excluding carboxylic acids is 3. The number of aliphatic hydroxyl groups excluding tert-OH is 1. The third-order valence-corrected chi connectivity index (χ3v) is 2.97. The number of rotatable bonds is 11. The number of carboxylic acid groups (broad SMARTS) is 2. The van der Waals surface area contributed by atoms with E-state index in [2.05, 4.69) is 16.0 Å². The predicted molar refractivity (Wildman–Crippen MR) is 82.1 cm³/mol. The molecule has 142 valence electrons. The second kappa shape index (κ2) is 10.9. The lowest BCUT2D eigenvalue weighted by Crippen LogP contribution is -2.50. The summed E-state index contributed by atoms with van der Waals surface area (Å²) in [6.45, 7) is 0.250. The lowest BCUT2D eigenvalue weighted by molar-refractivity contribution is -0.143. The fourth-order valence-corrected chi connectivity index (χ4v) is 1.52. The maximum Gasteiger partial charge on any atom is 0.326 e. The minimum atomic E-state index is -1.40. The van der Waals surface area contributed by atoms with Gasteiger partial charge in [0.05, 0.1) is 19.2 Å². The molecule has 0 aromatic heterocycles. The van der Waals surface area contributed by atoms with Crippen molar-refractivity contribution in [2.24, 2.45) is 5.73 Å². The van der Waals surface area contributed by atoms with Gasteiger partial charge in [0.25, 0.3) is 0 Å². The van der Waals surface area contributed by atoms with Gasteiger partial charge >= 0.3 is 11.9 Å². The summed E-state index contributed by atoms with van der Waals surface area (Å²) < 4.78 is 0. The molecule has 8 N–H and O–H groups in total. The highest BCUT2D eigenvalue weighted by atomic mass is 16.4. The van der Waals surface area contributed by atoms with E-state index in [0.717, 1.165) is 0 Å². The summed E-state index contributed by atoms with van der Waals surface area (Å²) in [4.78, 5) is 55.8. The Hall–Kier alpha value is -2.73. The molecule has 3 amide bonds. The lowest BCUT2D eigenvalue weighted by Gasteiger charge is -2.15. The number of hydrogen-bond acceptors (Lipinski definition) is 7. The molecule has 0 aliphatic heterocycles. The molecule has 12 nitrogen and oxygen atoms in total. The molecule has 0 aromatic rings. The number of carboxylic acids is 2. The Bertz CT molecular complexity index is 522. The molecule has 0 bridgehead atoms. The quantitative estimate of drug-likeness (QED) is 0.193. The highest BCUT2D eigenvalue weighted by Crippen LogP contribution is 1.97. The summed E-state index contributed by atoms with van der Waals surface area (Å²) >= 11 is 0. The van der Waals surface area contributed by atoms with E-state index < -0.39 is 67.4 Å². The SMILES string of the molecule is C[C@@H](O)[C@H](N)C(=O)NCC(=O)NCC(=O)N[C@@H](CCC(=O)O)C(=O)O. The number of amides is 3. The van der Waals surface area contributed by atoms with Crippen molar-refractivity contribution in [1.82, 2.24) is 16.0 Å². The van der Waals surface area contributed by atoms with E-state index in [1.807, 2.05) is 0 Å². The minimum Gasteiger partial charge on any atom is -0.481 e. The van der Waals surface area contributed by atoms with Crippen molar-refractivity contribution in [3.05, 3.63) is 0 Å². The predicted octanol–water partition coefficient (Wildman–Crippen LogP) is -3.64. The summed E-state index contributed by atoms with van der Waals surface area (Å²) in [5.74, 6) is -4.94. The molecule has 3 atom stereocenters. The molecule has 12 heteroatoms. The van der Waals surface area contributed by atoms with Gasteiger partial charge in [-0.2, -0.15) is 0 Å². The van der Waals surface area contributed by atoms with Gasteiger partial charge in [-0.05, 0) is 13.3 Å². The highest BCUT2D eigenvalue weighted by Gasteiger charge is 2.22. The van der Waals surface area contributed by atoms with E-state index in [-0.39, 0.29) is 6.42 Å². The molecule has 0 aliphatic rings. The number of carbonyl (C=O) groups is 5.